The van der Waals surface area contributed by atoms with Crippen LogP contribution in [0.1, 0.15) is 15.2 Å². The number of fused-ring (bicyclic) bond motifs is 1. The van der Waals surface area contributed by atoms with Gasteiger partial charge in [-0.3, -0.25) is 15.1 Å². The second kappa shape index (κ2) is 11.5. The number of thiophene rings is 1. The van der Waals surface area contributed by atoms with Gasteiger partial charge in [-0.05, 0) is 53.4 Å². The highest BCUT2D eigenvalue weighted by molar-refractivity contribution is 7.12. The number of nitrogens with one attached hydrogen (secondary N) is 3. The van der Waals surface area contributed by atoms with Gasteiger partial charge in [0.25, 0.3) is 5.91 Å². The molecule has 2 aromatic carbocycles. The molecule has 0 aliphatic carbocycles. The summed E-state index contributed by atoms with van der Waals surface area (Å²) in [7, 11) is 0. The van der Waals surface area contributed by atoms with Gasteiger partial charge in [-0.1, -0.05) is 18.2 Å². The minimum atomic E-state index is -0.187. The molecule has 4 aromatic rings. The van der Waals surface area contributed by atoms with Gasteiger partial charge >= 0.3 is 0 Å². The lowest BCUT2D eigenvalue weighted by molar-refractivity contribution is 0.0670. The molecule has 2 aromatic heterocycles. The summed E-state index contributed by atoms with van der Waals surface area (Å²) in [5, 5.41) is 21.1. The smallest absolute Gasteiger partial charge is 0.267 e. The molecule has 0 radical (unpaired) electrons. The van der Waals surface area contributed by atoms with Gasteiger partial charge in [-0.2, -0.15) is 5.26 Å². The zero-order valence-electron chi connectivity index (χ0n) is 20.0. The number of hydrogen-bond donors (Lipinski definition) is 3. The van der Waals surface area contributed by atoms with Crippen molar-refractivity contribution < 1.29 is 9.53 Å². The summed E-state index contributed by atoms with van der Waals surface area (Å²) >= 11 is 1.39. The summed E-state index contributed by atoms with van der Waals surface area (Å²) < 4.78 is 5.37. The molecule has 9 nitrogen and oxygen atoms in total. The van der Waals surface area contributed by atoms with Crippen LogP contribution in [0.3, 0.4) is 0 Å². The van der Waals surface area contributed by atoms with Crippen LogP contribution in [0.15, 0.2) is 77.2 Å². The molecule has 5 rings (SSSR count). The maximum atomic E-state index is 13.0. The van der Waals surface area contributed by atoms with Crippen LogP contribution in [0.4, 0.5) is 17.1 Å². The van der Waals surface area contributed by atoms with Crippen LogP contribution in [0.5, 0.6) is 0 Å². The van der Waals surface area contributed by atoms with Crippen molar-refractivity contribution in [1.29, 1.82) is 5.26 Å². The molecule has 186 valence electrons. The maximum absolute atomic E-state index is 13.0. The van der Waals surface area contributed by atoms with Crippen molar-refractivity contribution >= 4 is 51.2 Å². The van der Waals surface area contributed by atoms with Crippen molar-refractivity contribution in [2.24, 2.45) is 4.99 Å². The van der Waals surface area contributed by atoms with E-state index in [1.807, 2.05) is 46.8 Å². The van der Waals surface area contributed by atoms with E-state index in [1.165, 1.54) is 11.3 Å². The average molecular weight is 512 g/mol. The summed E-state index contributed by atoms with van der Waals surface area (Å²) in [6.07, 6.45) is 3.75. The highest BCUT2D eigenvalue weighted by Gasteiger charge is 2.16. The first-order chi connectivity index (χ1) is 18.2. The van der Waals surface area contributed by atoms with Gasteiger partial charge in [-0.25, -0.2) is 4.99 Å². The number of para-hydroxylation sites is 1. The standard InChI is InChI=1S/C27H25N7O2S/c28-18-31-27(34-12-14-36-15-13-34)33-21-7-5-20(6-8-21)32-26(35)25-24(10-16-37-25)30-17-19-9-11-29-23-4-2-1-3-22(19)23/h1-11,16,30H,12-15,17H2,(H,31,33)(H,32,35). The summed E-state index contributed by atoms with van der Waals surface area (Å²) in [5.41, 5.74) is 4.16. The number of nitrogens with zero attached hydrogens (tertiary/aromatic N) is 4. The molecular weight excluding hydrogens is 486 g/mol. The highest BCUT2D eigenvalue weighted by Crippen LogP contribution is 2.26. The molecule has 1 aliphatic heterocycles. The average Bonchev–Trinajstić information content (AvgIpc) is 3.42. The molecule has 0 unspecified atom stereocenters. The number of pyridine rings is 1. The third-order valence-electron chi connectivity index (χ3n) is 5.92. The number of rotatable bonds is 6. The van der Waals surface area contributed by atoms with Crippen molar-refractivity contribution in [3.63, 3.8) is 0 Å². The monoisotopic (exact) mass is 511 g/mol. The molecule has 37 heavy (non-hydrogen) atoms. The van der Waals surface area contributed by atoms with Crippen LogP contribution >= 0.6 is 11.3 Å². The van der Waals surface area contributed by atoms with Crippen molar-refractivity contribution in [3.8, 4) is 6.19 Å². The Kier molecular flexibility index (Phi) is 7.55. The first-order valence-corrected chi connectivity index (χ1v) is 12.7. The Morgan fingerprint density at radius 1 is 1.11 bits per heavy atom. The van der Waals surface area contributed by atoms with E-state index in [4.69, 9.17) is 10.00 Å². The predicted octanol–water partition coefficient (Wildman–Crippen LogP) is 4.55. The van der Waals surface area contributed by atoms with E-state index in [-0.39, 0.29) is 5.91 Å². The Hall–Kier alpha value is -4.46. The Morgan fingerprint density at radius 2 is 1.92 bits per heavy atom. The second-order valence-electron chi connectivity index (χ2n) is 8.28. The molecule has 3 N–H and O–H groups in total. The van der Waals surface area contributed by atoms with E-state index in [1.54, 1.807) is 30.5 Å². The fraction of sp³-hybridized carbons (Fsp3) is 0.185. The van der Waals surface area contributed by atoms with Crippen LogP contribution in [-0.2, 0) is 11.3 Å². The van der Waals surface area contributed by atoms with Crippen LogP contribution in [-0.4, -0.2) is 48.1 Å². The van der Waals surface area contributed by atoms with Crippen molar-refractivity contribution in [3.05, 3.63) is 82.7 Å². The van der Waals surface area contributed by atoms with E-state index >= 15 is 0 Å². The van der Waals surface area contributed by atoms with Crippen molar-refractivity contribution in [2.45, 2.75) is 6.54 Å². The topological polar surface area (TPSA) is 115 Å². The van der Waals surface area contributed by atoms with Crippen LogP contribution in [0.25, 0.3) is 10.9 Å². The lowest BCUT2D eigenvalue weighted by atomic mass is 10.1. The number of guanidine groups is 1. The Balaban J connectivity index is 1.24. The molecule has 10 heteroatoms. The Labute approximate surface area is 218 Å². The molecule has 0 bridgehead atoms. The predicted molar refractivity (Wildman–Crippen MR) is 146 cm³/mol. The molecule has 3 heterocycles. The second-order valence-corrected chi connectivity index (χ2v) is 9.19. The molecule has 1 saturated heterocycles. The quantitative estimate of drug-likeness (QED) is 0.151. The maximum Gasteiger partial charge on any atom is 0.267 e. The molecule has 0 saturated carbocycles. The number of benzene rings is 2. The SMILES string of the molecule is N#CNC(=Nc1ccc(NC(=O)c2sccc2NCc2ccnc3ccccc23)cc1)N1CCOCC1. The van der Waals surface area contributed by atoms with Gasteiger partial charge < -0.3 is 20.3 Å². The highest BCUT2D eigenvalue weighted by atomic mass is 32.1. The van der Waals surface area contributed by atoms with Crippen molar-refractivity contribution in [1.82, 2.24) is 15.2 Å². The van der Waals surface area contributed by atoms with E-state index < -0.39 is 0 Å². The number of anilines is 2. The molecule has 0 atom stereocenters. The number of nitriles is 1. The third-order valence-corrected chi connectivity index (χ3v) is 6.83. The largest absolute Gasteiger partial charge is 0.380 e. The molecule has 0 spiro atoms. The zero-order valence-corrected chi connectivity index (χ0v) is 20.8. The number of amides is 1. The molecule has 1 aliphatic rings. The Bertz CT molecular complexity index is 1450. The number of aromatic nitrogens is 1. The van der Waals surface area contributed by atoms with Gasteiger partial charge in [-0.15, -0.1) is 11.3 Å². The van der Waals surface area contributed by atoms with E-state index in [9.17, 15) is 4.79 Å². The fourth-order valence-corrected chi connectivity index (χ4v) is 4.82. The number of morpholine rings is 1. The fourth-order valence-electron chi connectivity index (χ4n) is 4.06. The first kappa shape index (κ1) is 24.2. The normalized spacial score (nSPS) is 13.7. The number of ether oxygens (including phenoxy) is 1. The Morgan fingerprint density at radius 3 is 2.73 bits per heavy atom. The number of carbonyl (C=O) groups excluding carboxylic acids is 1. The molecule has 1 fully saturated rings. The number of carbonyl (C=O) groups is 1. The lowest BCUT2D eigenvalue weighted by Crippen LogP contribution is -2.45. The van der Waals surface area contributed by atoms with E-state index in [2.05, 4.69) is 32.0 Å². The molecular formula is C27H25N7O2S. The zero-order chi connectivity index (χ0) is 25.5. The minimum Gasteiger partial charge on any atom is -0.380 e. The van der Waals surface area contributed by atoms with Crippen LogP contribution in [0.2, 0.25) is 0 Å². The molecule has 1 amide bonds. The van der Waals surface area contributed by atoms with Gasteiger partial charge in [0.05, 0.1) is 30.1 Å². The number of hydrogen-bond acceptors (Lipinski definition) is 7. The summed E-state index contributed by atoms with van der Waals surface area (Å²) in [5.74, 6) is 0.298. The van der Waals surface area contributed by atoms with Crippen LogP contribution in [0, 0.1) is 11.5 Å². The van der Waals surface area contributed by atoms with E-state index in [0.29, 0.717) is 55.1 Å². The van der Waals surface area contributed by atoms with Crippen LogP contribution < -0.4 is 16.0 Å². The van der Waals surface area contributed by atoms with Gasteiger partial charge in [0.2, 0.25) is 5.96 Å². The van der Waals surface area contributed by atoms with Gasteiger partial charge in [0, 0.05) is 36.9 Å². The minimum absolute atomic E-state index is 0.187. The first-order valence-electron chi connectivity index (χ1n) is 11.8. The number of aliphatic imine (C=N–C) groups is 1. The van der Waals surface area contributed by atoms with Crippen molar-refractivity contribution in [2.75, 3.05) is 36.9 Å². The van der Waals surface area contributed by atoms with Gasteiger partial charge in [0.1, 0.15) is 4.88 Å². The summed E-state index contributed by atoms with van der Waals surface area (Å²) in [4.78, 5) is 24.6. The van der Waals surface area contributed by atoms with Gasteiger partial charge in [0.15, 0.2) is 6.19 Å². The third kappa shape index (κ3) is 5.86. The summed E-state index contributed by atoms with van der Waals surface area (Å²) in [6.45, 7) is 3.09. The summed E-state index contributed by atoms with van der Waals surface area (Å²) in [6, 6.07) is 19.1. The lowest BCUT2D eigenvalue weighted by Gasteiger charge is -2.28. The van der Waals surface area contributed by atoms with E-state index in [0.717, 1.165) is 22.2 Å².